The van der Waals surface area contributed by atoms with Crippen molar-refractivity contribution in [2.45, 2.75) is 0 Å². The molecule has 11 heavy (non-hydrogen) atoms. The van der Waals surface area contributed by atoms with Crippen LogP contribution in [0.25, 0.3) is 0 Å². The van der Waals surface area contributed by atoms with E-state index in [1.54, 1.807) is 0 Å². The molecule has 0 bridgehead atoms. The number of hydrogen-bond donors (Lipinski definition) is 1. The van der Waals surface area contributed by atoms with E-state index in [1.165, 1.54) is 12.2 Å². The largest absolute Gasteiger partial charge is 0.485 e. The lowest BCUT2D eigenvalue weighted by Gasteiger charge is -2.09. The van der Waals surface area contributed by atoms with Crippen LogP contribution in [0, 0.1) is 0 Å². The zero-order valence-corrected chi connectivity index (χ0v) is 5.74. The number of nitrogens with two attached hydrogens (primary N) is 1. The van der Waals surface area contributed by atoms with Crippen molar-refractivity contribution in [2.24, 2.45) is 5.73 Å². The van der Waals surface area contributed by atoms with Crippen LogP contribution in [0.2, 0.25) is 0 Å². The van der Waals surface area contributed by atoms with Crippen LogP contribution >= 0.6 is 0 Å². The van der Waals surface area contributed by atoms with E-state index >= 15 is 0 Å². The minimum absolute atomic E-state index is 0.0832. The highest BCUT2D eigenvalue weighted by atomic mass is 16.5. The summed E-state index contributed by atoms with van der Waals surface area (Å²) in [7, 11) is 0. The summed E-state index contributed by atoms with van der Waals surface area (Å²) in [5, 5.41) is 0. The van der Waals surface area contributed by atoms with Crippen molar-refractivity contribution < 1.29 is 14.3 Å². The van der Waals surface area contributed by atoms with E-state index in [4.69, 9.17) is 10.5 Å². The molecule has 1 aliphatic rings. The maximum absolute atomic E-state index is 10.5. The Morgan fingerprint density at radius 2 is 2.36 bits per heavy atom. The minimum Gasteiger partial charge on any atom is -0.485 e. The predicted molar refractivity (Wildman–Crippen MR) is 37.4 cm³/mol. The van der Waals surface area contributed by atoms with E-state index in [-0.39, 0.29) is 12.4 Å². The second kappa shape index (κ2) is 3.01. The molecule has 0 fully saturated rings. The Morgan fingerprint density at radius 3 is 2.73 bits per heavy atom. The molecule has 58 valence electrons. The molecule has 0 saturated heterocycles. The highest BCUT2D eigenvalue weighted by molar-refractivity contribution is 5.93. The third kappa shape index (κ3) is 1.67. The average Bonchev–Trinajstić information content (AvgIpc) is 2.05. The van der Waals surface area contributed by atoms with E-state index in [0.717, 1.165) is 0 Å². The molecule has 1 rings (SSSR count). The molecule has 0 saturated carbocycles. The van der Waals surface area contributed by atoms with E-state index in [0.29, 0.717) is 11.9 Å². The first-order valence-electron chi connectivity index (χ1n) is 3.02. The van der Waals surface area contributed by atoms with Crippen molar-refractivity contribution in [1.29, 1.82) is 0 Å². The molecule has 1 heterocycles. The lowest BCUT2D eigenvalue weighted by Crippen LogP contribution is -2.19. The number of carbonyl (C=O) groups excluding carboxylic acids is 2. The minimum atomic E-state index is -0.522. The van der Waals surface area contributed by atoms with Gasteiger partial charge in [-0.1, -0.05) is 0 Å². The Bertz CT molecular complexity index is 252. The van der Waals surface area contributed by atoms with Gasteiger partial charge >= 0.3 is 0 Å². The van der Waals surface area contributed by atoms with Crippen LogP contribution in [-0.4, -0.2) is 18.8 Å². The fourth-order valence-electron chi connectivity index (χ4n) is 0.667. The summed E-state index contributed by atoms with van der Waals surface area (Å²) in [5.41, 5.74) is 5.32. The van der Waals surface area contributed by atoms with Gasteiger partial charge in [-0.3, -0.25) is 9.59 Å². The van der Waals surface area contributed by atoms with Crippen LogP contribution in [0.1, 0.15) is 0 Å². The molecule has 0 spiro atoms. The number of amides is 1. The summed E-state index contributed by atoms with van der Waals surface area (Å²) in [5.74, 6) is -0.304. The highest BCUT2D eigenvalue weighted by Crippen LogP contribution is 2.07. The number of ether oxygens (including phenoxy) is 1. The summed E-state index contributed by atoms with van der Waals surface area (Å²) in [6.45, 7) is 0.0832. The molecule has 1 aliphatic heterocycles. The number of carbonyl (C=O) groups is 2. The molecule has 0 aliphatic carbocycles. The molecule has 2 N–H and O–H groups in total. The van der Waals surface area contributed by atoms with Gasteiger partial charge in [-0.15, -0.1) is 0 Å². The number of aldehydes is 1. The summed E-state index contributed by atoms with van der Waals surface area (Å²) in [6.07, 6.45) is 3.47. The van der Waals surface area contributed by atoms with E-state index in [9.17, 15) is 9.59 Å². The van der Waals surface area contributed by atoms with Gasteiger partial charge in [-0.05, 0) is 12.2 Å². The van der Waals surface area contributed by atoms with E-state index < -0.39 is 5.91 Å². The van der Waals surface area contributed by atoms with E-state index in [1.807, 2.05) is 0 Å². The summed E-state index contributed by atoms with van der Waals surface area (Å²) in [4.78, 5) is 20.6. The molecule has 0 radical (unpaired) electrons. The summed E-state index contributed by atoms with van der Waals surface area (Å²) < 4.78 is 4.82. The van der Waals surface area contributed by atoms with Gasteiger partial charge in [0, 0.05) is 0 Å². The second-order valence-corrected chi connectivity index (χ2v) is 2.03. The highest BCUT2D eigenvalue weighted by Gasteiger charge is 2.09. The van der Waals surface area contributed by atoms with Gasteiger partial charge in [0.05, 0.1) is 5.57 Å². The summed E-state index contributed by atoms with van der Waals surface area (Å²) in [6, 6.07) is 0. The molecule has 0 aromatic heterocycles. The maximum atomic E-state index is 10.5. The van der Waals surface area contributed by atoms with Crippen molar-refractivity contribution >= 4 is 12.2 Å². The van der Waals surface area contributed by atoms with Crippen LogP contribution in [0.15, 0.2) is 23.5 Å². The standard InChI is InChI=1S/C7H7NO3/c8-7(10)5-1-2-6(3-9)11-4-5/h1-3H,4H2,(H2,8,10). The Morgan fingerprint density at radius 1 is 1.64 bits per heavy atom. The quantitative estimate of drug-likeness (QED) is 0.544. The van der Waals surface area contributed by atoms with Crippen LogP contribution in [0.4, 0.5) is 0 Å². The van der Waals surface area contributed by atoms with Crippen molar-refractivity contribution in [3.63, 3.8) is 0 Å². The van der Waals surface area contributed by atoms with Gasteiger partial charge in [0.1, 0.15) is 6.61 Å². The fraction of sp³-hybridized carbons (Fsp3) is 0.143. The van der Waals surface area contributed by atoms with Crippen molar-refractivity contribution in [1.82, 2.24) is 0 Å². The van der Waals surface area contributed by atoms with Gasteiger partial charge in [0.2, 0.25) is 5.91 Å². The van der Waals surface area contributed by atoms with Gasteiger partial charge in [-0.25, -0.2) is 0 Å². The lowest BCUT2D eigenvalue weighted by atomic mass is 10.2. The Hall–Kier alpha value is -1.58. The number of rotatable bonds is 2. The van der Waals surface area contributed by atoms with Crippen molar-refractivity contribution in [3.05, 3.63) is 23.5 Å². The topological polar surface area (TPSA) is 69.4 Å². The monoisotopic (exact) mass is 153 g/mol. The number of hydrogen-bond acceptors (Lipinski definition) is 3. The van der Waals surface area contributed by atoms with Crippen LogP contribution < -0.4 is 5.73 Å². The molecule has 0 unspecified atom stereocenters. The number of primary amides is 1. The zero-order chi connectivity index (χ0) is 8.27. The van der Waals surface area contributed by atoms with E-state index in [2.05, 4.69) is 0 Å². The first-order valence-corrected chi connectivity index (χ1v) is 3.02. The van der Waals surface area contributed by atoms with Gasteiger partial charge < -0.3 is 10.5 Å². The zero-order valence-electron chi connectivity index (χ0n) is 5.74. The third-order valence-electron chi connectivity index (χ3n) is 1.28. The van der Waals surface area contributed by atoms with Gasteiger partial charge in [0.15, 0.2) is 12.0 Å². The SMILES string of the molecule is NC(=O)C1=CC=C(C=O)OC1. The maximum Gasteiger partial charge on any atom is 0.248 e. The molecule has 0 atom stereocenters. The van der Waals surface area contributed by atoms with Crippen LogP contribution in [0.5, 0.6) is 0 Å². The molecule has 4 heteroatoms. The van der Waals surface area contributed by atoms with Crippen molar-refractivity contribution in [3.8, 4) is 0 Å². The van der Waals surface area contributed by atoms with Crippen molar-refractivity contribution in [2.75, 3.05) is 6.61 Å². The summed E-state index contributed by atoms with van der Waals surface area (Å²) >= 11 is 0. The Balaban J connectivity index is 2.76. The van der Waals surface area contributed by atoms with Gasteiger partial charge in [0.25, 0.3) is 0 Å². The molecule has 4 nitrogen and oxygen atoms in total. The molecular weight excluding hydrogens is 146 g/mol. The lowest BCUT2D eigenvalue weighted by molar-refractivity contribution is -0.115. The predicted octanol–water partition coefficient (Wildman–Crippen LogP) is -0.489. The Kier molecular flexibility index (Phi) is 2.06. The smallest absolute Gasteiger partial charge is 0.248 e. The molecular formula is C7H7NO3. The van der Waals surface area contributed by atoms with Crippen LogP contribution in [-0.2, 0) is 14.3 Å². The van der Waals surface area contributed by atoms with Gasteiger partial charge in [-0.2, -0.15) is 0 Å². The first-order chi connectivity index (χ1) is 5.24. The molecule has 0 aromatic carbocycles. The normalized spacial score (nSPS) is 16.0. The number of allylic oxidation sites excluding steroid dienone is 3. The Labute approximate surface area is 63.3 Å². The second-order valence-electron chi connectivity index (χ2n) is 2.03. The van der Waals surface area contributed by atoms with Crippen LogP contribution in [0.3, 0.4) is 0 Å². The average molecular weight is 153 g/mol. The molecule has 0 aromatic rings. The third-order valence-corrected chi connectivity index (χ3v) is 1.28. The molecule has 1 amide bonds. The fourth-order valence-corrected chi connectivity index (χ4v) is 0.667. The first kappa shape index (κ1) is 7.53.